The number of amides is 1. The van der Waals surface area contributed by atoms with Gasteiger partial charge in [-0.15, -0.1) is 0 Å². The Morgan fingerprint density at radius 3 is 2.54 bits per heavy atom. The van der Waals surface area contributed by atoms with Crippen molar-refractivity contribution in [3.8, 4) is 5.75 Å². The standard InChI is InChI=1S/C19H24N2O3/c1-14-10-11-20-17(12-14)21(18(22)24-19(2,3)4)13-15-8-6-7-9-16(15)23-5/h6-12H,13H2,1-5H3. The number of carbonyl (C=O) groups is 1. The van der Waals surface area contributed by atoms with E-state index in [0.29, 0.717) is 12.4 Å². The summed E-state index contributed by atoms with van der Waals surface area (Å²) in [6, 6.07) is 11.3. The summed E-state index contributed by atoms with van der Waals surface area (Å²) in [5, 5.41) is 0. The molecule has 1 aromatic heterocycles. The van der Waals surface area contributed by atoms with Gasteiger partial charge in [0.05, 0.1) is 13.7 Å². The molecule has 5 heteroatoms. The van der Waals surface area contributed by atoms with Crippen molar-refractivity contribution in [3.05, 3.63) is 53.7 Å². The molecule has 0 fully saturated rings. The zero-order chi connectivity index (χ0) is 17.7. The average molecular weight is 328 g/mol. The van der Waals surface area contributed by atoms with Crippen molar-refractivity contribution in [1.82, 2.24) is 4.98 Å². The van der Waals surface area contributed by atoms with Crippen molar-refractivity contribution in [2.45, 2.75) is 39.8 Å². The molecule has 5 nitrogen and oxygen atoms in total. The van der Waals surface area contributed by atoms with Crippen molar-refractivity contribution < 1.29 is 14.3 Å². The number of carbonyl (C=O) groups excluding carboxylic acids is 1. The molecule has 0 aliphatic carbocycles. The maximum Gasteiger partial charge on any atom is 0.416 e. The Hall–Kier alpha value is -2.56. The van der Waals surface area contributed by atoms with E-state index in [9.17, 15) is 4.79 Å². The first kappa shape index (κ1) is 17.8. The van der Waals surface area contributed by atoms with Gasteiger partial charge >= 0.3 is 6.09 Å². The number of methoxy groups -OCH3 is 1. The Morgan fingerprint density at radius 2 is 1.92 bits per heavy atom. The number of hydrogen-bond acceptors (Lipinski definition) is 4. The van der Waals surface area contributed by atoms with Crippen LogP contribution in [0.1, 0.15) is 31.9 Å². The zero-order valence-corrected chi connectivity index (χ0v) is 14.9. The molecular weight excluding hydrogens is 304 g/mol. The predicted octanol–water partition coefficient (Wildman–Crippen LogP) is 4.34. The van der Waals surface area contributed by atoms with E-state index in [-0.39, 0.29) is 0 Å². The quantitative estimate of drug-likeness (QED) is 0.838. The Morgan fingerprint density at radius 1 is 1.21 bits per heavy atom. The molecule has 0 aliphatic heterocycles. The van der Waals surface area contributed by atoms with E-state index < -0.39 is 11.7 Å². The molecule has 0 spiro atoms. The van der Waals surface area contributed by atoms with Crippen LogP contribution in [-0.4, -0.2) is 23.8 Å². The van der Waals surface area contributed by atoms with E-state index in [4.69, 9.17) is 9.47 Å². The van der Waals surface area contributed by atoms with Crippen LogP contribution >= 0.6 is 0 Å². The number of pyridine rings is 1. The number of aromatic nitrogens is 1. The van der Waals surface area contributed by atoms with Crippen LogP contribution in [0.3, 0.4) is 0 Å². The molecule has 0 bridgehead atoms. The van der Waals surface area contributed by atoms with Crippen LogP contribution in [0.2, 0.25) is 0 Å². The minimum absolute atomic E-state index is 0.315. The zero-order valence-electron chi connectivity index (χ0n) is 14.9. The Balaban J connectivity index is 2.37. The Kier molecular flexibility index (Phi) is 5.44. The highest BCUT2D eigenvalue weighted by atomic mass is 16.6. The maximum atomic E-state index is 12.7. The fourth-order valence-electron chi connectivity index (χ4n) is 2.23. The van der Waals surface area contributed by atoms with Gasteiger partial charge < -0.3 is 9.47 Å². The number of aryl methyl sites for hydroxylation is 1. The lowest BCUT2D eigenvalue weighted by Gasteiger charge is -2.27. The summed E-state index contributed by atoms with van der Waals surface area (Å²) < 4.78 is 10.9. The molecule has 2 aromatic rings. The topological polar surface area (TPSA) is 51.7 Å². The minimum atomic E-state index is -0.583. The minimum Gasteiger partial charge on any atom is -0.496 e. The van der Waals surface area contributed by atoms with Gasteiger partial charge in [-0.25, -0.2) is 9.78 Å². The predicted molar refractivity (Wildman–Crippen MR) is 94.4 cm³/mol. The van der Waals surface area contributed by atoms with Crippen LogP contribution < -0.4 is 9.64 Å². The second kappa shape index (κ2) is 7.34. The number of benzene rings is 1. The largest absolute Gasteiger partial charge is 0.496 e. The number of nitrogens with zero attached hydrogens (tertiary/aromatic N) is 2. The summed E-state index contributed by atoms with van der Waals surface area (Å²) in [5.41, 5.74) is 1.32. The van der Waals surface area contributed by atoms with Crippen molar-refractivity contribution in [3.63, 3.8) is 0 Å². The molecule has 0 atom stereocenters. The number of hydrogen-bond donors (Lipinski definition) is 0. The molecule has 1 aromatic carbocycles. The smallest absolute Gasteiger partial charge is 0.416 e. The second-order valence-electron chi connectivity index (χ2n) is 6.57. The van der Waals surface area contributed by atoms with E-state index >= 15 is 0 Å². The highest BCUT2D eigenvalue weighted by molar-refractivity contribution is 5.86. The first-order valence-corrected chi connectivity index (χ1v) is 7.85. The number of ether oxygens (including phenoxy) is 2. The molecule has 0 saturated heterocycles. The SMILES string of the molecule is COc1ccccc1CN(C(=O)OC(C)(C)C)c1cc(C)ccn1. The van der Waals surface area contributed by atoms with Crippen LogP contribution in [0.5, 0.6) is 5.75 Å². The molecule has 0 aliphatic rings. The molecular formula is C19H24N2O3. The number of anilines is 1. The van der Waals surface area contributed by atoms with Gasteiger partial charge in [0.1, 0.15) is 17.2 Å². The van der Waals surface area contributed by atoms with Crippen LogP contribution in [0.4, 0.5) is 10.6 Å². The van der Waals surface area contributed by atoms with Gasteiger partial charge in [0.25, 0.3) is 0 Å². The summed E-state index contributed by atoms with van der Waals surface area (Å²) in [7, 11) is 1.61. The van der Waals surface area contributed by atoms with Gasteiger partial charge in [-0.05, 0) is 51.5 Å². The molecule has 24 heavy (non-hydrogen) atoms. The third-order valence-electron chi connectivity index (χ3n) is 3.31. The van der Waals surface area contributed by atoms with Gasteiger partial charge in [-0.2, -0.15) is 0 Å². The first-order chi connectivity index (χ1) is 11.3. The highest BCUT2D eigenvalue weighted by Crippen LogP contribution is 2.24. The van der Waals surface area contributed by atoms with E-state index in [1.54, 1.807) is 13.3 Å². The fraction of sp³-hybridized carbons (Fsp3) is 0.368. The van der Waals surface area contributed by atoms with Gasteiger partial charge in [0, 0.05) is 11.8 Å². The monoisotopic (exact) mass is 328 g/mol. The average Bonchev–Trinajstić information content (AvgIpc) is 2.51. The molecule has 0 saturated carbocycles. The molecule has 1 heterocycles. The van der Waals surface area contributed by atoms with Crippen molar-refractivity contribution >= 4 is 11.9 Å². The van der Waals surface area contributed by atoms with Gasteiger partial charge in [0.2, 0.25) is 0 Å². The second-order valence-corrected chi connectivity index (χ2v) is 6.57. The van der Waals surface area contributed by atoms with Gasteiger partial charge in [-0.1, -0.05) is 18.2 Å². The summed E-state index contributed by atoms with van der Waals surface area (Å²) in [6.07, 6.45) is 1.25. The third-order valence-corrected chi connectivity index (χ3v) is 3.31. The molecule has 0 radical (unpaired) electrons. The molecule has 128 valence electrons. The van der Waals surface area contributed by atoms with E-state index in [0.717, 1.165) is 16.9 Å². The van der Waals surface area contributed by atoms with E-state index in [1.807, 2.05) is 64.1 Å². The van der Waals surface area contributed by atoms with Crippen LogP contribution in [0.25, 0.3) is 0 Å². The van der Waals surface area contributed by atoms with Gasteiger partial charge in [0.15, 0.2) is 0 Å². The first-order valence-electron chi connectivity index (χ1n) is 7.85. The third kappa shape index (κ3) is 4.72. The molecule has 0 N–H and O–H groups in total. The Labute approximate surface area is 143 Å². The summed E-state index contributed by atoms with van der Waals surface area (Å²) in [5.74, 6) is 1.27. The lowest BCUT2D eigenvalue weighted by Crippen LogP contribution is -2.37. The maximum absolute atomic E-state index is 12.7. The molecule has 1 amide bonds. The van der Waals surface area contributed by atoms with E-state index in [1.165, 1.54) is 4.90 Å². The lowest BCUT2D eigenvalue weighted by atomic mass is 10.2. The summed E-state index contributed by atoms with van der Waals surface area (Å²) in [4.78, 5) is 18.5. The number of para-hydroxylation sites is 1. The summed E-state index contributed by atoms with van der Waals surface area (Å²) >= 11 is 0. The molecule has 2 rings (SSSR count). The fourth-order valence-corrected chi connectivity index (χ4v) is 2.23. The van der Waals surface area contributed by atoms with Crippen molar-refractivity contribution in [1.29, 1.82) is 0 Å². The van der Waals surface area contributed by atoms with Crippen molar-refractivity contribution in [2.75, 3.05) is 12.0 Å². The number of rotatable bonds is 4. The lowest BCUT2D eigenvalue weighted by molar-refractivity contribution is 0.0576. The van der Waals surface area contributed by atoms with Crippen LogP contribution in [0, 0.1) is 6.92 Å². The Bertz CT molecular complexity index is 708. The molecule has 0 unspecified atom stereocenters. The van der Waals surface area contributed by atoms with E-state index in [2.05, 4.69) is 4.98 Å². The van der Waals surface area contributed by atoms with Crippen LogP contribution in [0.15, 0.2) is 42.6 Å². The van der Waals surface area contributed by atoms with Crippen LogP contribution in [-0.2, 0) is 11.3 Å². The van der Waals surface area contributed by atoms with Crippen molar-refractivity contribution in [2.24, 2.45) is 0 Å². The normalized spacial score (nSPS) is 11.0. The highest BCUT2D eigenvalue weighted by Gasteiger charge is 2.25. The van der Waals surface area contributed by atoms with Gasteiger partial charge in [-0.3, -0.25) is 4.90 Å². The summed E-state index contributed by atoms with van der Waals surface area (Å²) in [6.45, 7) is 7.80.